The number of nitrogens with zero attached hydrogens (tertiary/aromatic N) is 3. The van der Waals surface area contributed by atoms with Gasteiger partial charge in [0.2, 0.25) is 0 Å². The van der Waals surface area contributed by atoms with E-state index >= 15 is 0 Å². The van der Waals surface area contributed by atoms with Gasteiger partial charge in [-0.2, -0.15) is 5.10 Å². The van der Waals surface area contributed by atoms with Crippen molar-refractivity contribution in [3.8, 4) is 0 Å². The van der Waals surface area contributed by atoms with E-state index < -0.39 is 0 Å². The molecule has 0 radical (unpaired) electrons. The fourth-order valence-corrected chi connectivity index (χ4v) is 2.61. The second-order valence-electron chi connectivity index (χ2n) is 4.54. The molecule has 1 rings (SSSR count). The van der Waals surface area contributed by atoms with E-state index in [9.17, 15) is 0 Å². The smallest absolute Gasteiger partial charge is 0.0767 e. The molecule has 0 bridgehead atoms. The van der Waals surface area contributed by atoms with Gasteiger partial charge in [0.1, 0.15) is 0 Å². The second-order valence-corrected chi connectivity index (χ2v) is 5.33. The van der Waals surface area contributed by atoms with Crippen LogP contribution < -0.4 is 5.73 Å². The van der Waals surface area contributed by atoms with E-state index in [0.717, 1.165) is 29.7 Å². The van der Waals surface area contributed by atoms with Crippen LogP contribution in [0.15, 0.2) is 4.47 Å². The van der Waals surface area contributed by atoms with Crippen molar-refractivity contribution in [1.29, 1.82) is 0 Å². The molecule has 0 spiro atoms. The largest absolute Gasteiger partial charge is 0.329 e. The highest BCUT2D eigenvalue weighted by Gasteiger charge is 2.17. The number of hydrogen-bond donors (Lipinski definition) is 1. The number of nitrogens with two attached hydrogens (primary N) is 1. The summed E-state index contributed by atoms with van der Waals surface area (Å²) in [5.74, 6) is 0. The third kappa shape index (κ3) is 3.53. The summed E-state index contributed by atoms with van der Waals surface area (Å²) in [6, 6.07) is 0.491. The van der Waals surface area contributed by atoms with Gasteiger partial charge in [0.15, 0.2) is 0 Å². The normalized spacial score (nSPS) is 11.8. The molecule has 0 fully saturated rings. The first-order chi connectivity index (χ1) is 8.01. The van der Waals surface area contributed by atoms with Crippen molar-refractivity contribution in [3.05, 3.63) is 15.9 Å². The Bertz CT molecular complexity index is 360. The molecule has 1 heterocycles. The van der Waals surface area contributed by atoms with Gasteiger partial charge in [0, 0.05) is 32.7 Å². The zero-order valence-corrected chi connectivity index (χ0v) is 12.8. The van der Waals surface area contributed by atoms with Crippen LogP contribution in [-0.4, -0.2) is 33.8 Å². The lowest BCUT2D eigenvalue weighted by Gasteiger charge is -2.25. The Morgan fingerprint density at radius 3 is 2.53 bits per heavy atom. The van der Waals surface area contributed by atoms with Crippen LogP contribution in [0, 0.1) is 0 Å². The minimum atomic E-state index is 0.491. The van der Waals surface area contributed by atoms with Crippen LogP contribution >= 0.6 is 15.9 Å². The SMILES string of the molecule is CCc1nn(C)c(CN(CCN)C(C)C)c1Br. The summed E-state index contributed by atoms with van der Waals surface area (Å²) >= 11 is 3.65. The van der Waals surface area contributed by atoms with Crippen LogP contribution in [0.4, 0.5) is 0 Å². The van der Waals surface area contributed by atoms with E-state index in [1.807, 2.05) is 11.7 Å². The molecule has 0 saturated heterocycles. The standard InChI is InChI=1S/C12H23BrN4/c1-5-10-12(13)11(16(4)15-10)8-17(7-6-14)9(2)3/h9H,5-8,14H2,1-4H3. The Morgan fingerprint density at radius 2 is 2.12 bits per heavy atom. The Balaban J connectivity index is 2.88. The average molecular weight is 303 g/mol. The summed E-state index contributed by atoms with van der Waals surface area (Å²) in [5.41, 5.74) is 8.00. The van der Waals surface area contributed by atoms with E-state index in [-0.39, 0.29) is 0 Å². The topological polar surface area (TPSA) is 47.1 Å². The molecule has 1 aromatic rings. The maximum atomic E-state index is 5.65. The van der Waals surface area contributed by atoms with Crippen molar-refractivity contribution in [3.63, 3.8) is 0 Å². The molecule has 0 amide bonds. The molecule has 0 aromatic carbocycles. The number of aromatic nitrogens is 2. The number of aryl methyl sites for hydroxylation is 2. The van der Waals surface area contributed by atoms with Gasteiger partial charge in [0.25, 0.3) is 0 Å². The Labute approximate surface area is 112 Å². The minimum absolute atomic E-state index is 0.491. The van der Waals surface area contributed by atoms with E-state index in [4.69, 9.17) is 5.73 Å². The maximum absolute atomic E-state index is 5.65. The fourth-order valence-electron chi connectivity index (χ4n) is 1.87. The lowest BCUT2D eigenvalue weighted by Crippen LogP contribution is -2.35. The van der Waals surface area contributed by atoms with Crippen molar-refractivity contribution in [1.82, 2.24) is 14.7 Å². The summed E-state index contributed by atoms with van der Waals surface area (Å²) in [4.78, 5) is 2.36. The minimum Gasteiger partial charge on any atom is -0.329 e. The third-order valence-corrected chi connectivity index (χ3v) is 3.92. The molecular formula is C12H23BrN4. The van der Waals surface area contributed by atoms with Crippen LogP contribution in [0.5, 0.6) is 0 Å². The number of halogens is 1. The molecule has 0 aliphatic heterocycles. The van der Waals surface area contributed by atoms with Crippen molar-refractivity contribution in [2.24, 2.45) is 12.8 Å². The zero-order valence-electron chi connectivity index (χ0n) is 11.2. The quantitative estimate of drug-likeness (QED) is 0.873. The van der Waals surface area contributed by atoms with Crippen molar-refractivity contribution >= 4 is 15.9 Å². The molecule has 4 nitrogen and oxygen atoms in total. The molecule has 2 N–H and O–H groups in total. The lowest BCUT2D eigenvalue weighted by atomic mass is 10.2. The molecule has 0 atom stereocenters. The monoisotopic (exact) mass is 302 g/mol. The summed E-state index contributed by atoms with van der Waals surface area (Å²) in [7, 11) is 2.00. The van der Waals surface area contributed by atoms with Crippen molar-refractivity contribution < 1.29 is 0 Å². The first-order valence-electron chi connectivity index (χ1n) is 6.15. The third-order valence-electron chi connectivity index (χ3n) is 3.00. The van der Waals surface area contributed by atoms with Crippen LogP contribution in [0.1, 0.15) is 32.2 Å². The molecule has 0 saturated carbocycles. The van der Waals surface area contributed by atoms with Crippen LogP contribution in [-0.2, 0) is 20.0 Å². The highest BCUT2D eigenvalue weighted by molar-refractivity contribution is 9.10. The molecule has 1 aromatic heterocycles. The van der Waals surface area contributed by atoms with E-state index in [1.54, 1.807) is 0 Å². The summed E-state index contributed by atoms with van der Waals surface area (Å²) in [5, 5.41) is 4.51. The summed E-state index contributed by atoms with van der Waals surface area (Å²) in [6.07, 6.45) is 0.951. The first kappa shape index (κ1) is 14.7. The molecular weight excluding hydrogens is 280 g/mol. The Kier molecular flexibility index (Phi) is 5.62. The van der Waals surface area contributed by atoms with E-state index in [2.05, 4.69) is 46.7 Å². The van der Waals surface area contributed by atoms with Crippen LogP contribution in [0.2, 0.25) is 0 Å². The van der Waals surface area contributed by atoms with Crippen LogP contribution in [0.3, 0.4) is 0 Å². The highest BCUT2D eigenvalue weighted by Crippen LogP contribution is 2.23. The molecule has 17 heavy (non-hydrogen) atoms. The fraction of sp³-hybridized carbons (Fsp3) is 0.750. The van der Waals surface area contributed by atoms with Gasteiger partial charge >= 0.3 is 0 Å². The Morgan fingerprint density at radius 1 is 1.47 bits per heavy atom. The summed E-state index contributed by atoms with van der Waals surface area (Å²) in [6.45, 7) is 9.00. The van der Waals surface area contributed by atoms with Crippen LogP contribution in [0.25, 0.3) is 0 Å². The predicted octanol–water partition coefficient (Wildman–Crippen LogP) is 1.91. The van der Waals surface area contributed by atoms with Gasteiger partial charge in [-0.1, -0.05) is 6.92 Å². The average Bonchev–Trinajstić information content (AvgIpc) is 2.55. The van der Waals surface area contributed by atoms with Gasteiger partial charge < -0.3 is 5.73 Å². The molecule has 0 aliphatic rings. The van der Waals surface area contributed by atoms with E-state index in [1.165, 1.54) is 5.69 Å². The maximum Gasteiger partial charge on any atom is 0.0767 e. The predicted molar refractivity (Wildman–Crippen MR) is 74.9 cm³/mol. The van der Waals surface area contributed by atoms with Crippen molar-refractivity contribution in [2.75, 3.05) is 13.1 Å². The molecule has 0 aliphatic carbocycles. The lowest BCUT2D eigenvalue weighted by molar-refractivity contribution is 0.213. The zero-order chi connectivity index (χ0) is 13.0. The van der Waals surface area contributed by atoms with Gasteiger partial charge in [-0.15, -0.1) is 0 Å². The highest BCUT2D eigenvalue weighted by atomic mass is 79.9. The van der Waals surface area contributed by atoms with Gasteiger partial charge in [0.05, 0.1) is 15.9 Å². The first-order valence-corrected chi connectivity index (χ1v) is 6.94. The summed E-state index contributed by atoms with van der Waals surface area (Å²) < 4.78 is 3.11. The number of rotatable bonds is 6. The van der Waals surface area contributed by atoms with Gasteiger partial charge in [-0.25, -0.2) is 0 Å². The molecule has 98 valence electrons. The Hall–Kier alpha value is -0.390. The van der Waals surface area contributed by atoms with Crippen molar-refractivity contribution in [2.45, 2.75) is 39.8 Å². The van der Waals surface area contributed by atoms with E-state index in [0.29, 0.717) is 12.6 Å². The molecule has 0 unspecified atom stereocenters. The second kappa shape index (κ2) is 6.52. The van der Waals surface area contributed by atoms with Gasteiger partial charge in [-0.3, -0.25) is 9.58 Å². The number of hydrogen-bond acceptors (Lipinski definition) is 3. The van der Waals surface area contributed by atoms with Gasteiger partial charge in [-0.05, 0) is 36.2 Å². The molecule has 5 heteroatoms.